The van der Waals surface area contributed by atoms with Crippen molar-refractivity contribution in [3.8, 4) is 0 Å². The summed E-state index contributed by atoms with van der Waals surface area (Å²) in [5.41, 5.74) is 5.72. The van der Waals surface area contributed by atoms with E-state index in [4.69, 9.17) is 5.73 Å². The van der Waals surface area contributed by atoms with E-state index in [0.717, 1.165) is 6.54 Å². The molecule has 0 heterocycles. The SMILES string of the molecule is CCCCCCN(CCCCC)CC(C)CN. The fourth-order valence-electron chi connectivity index (χ4n) is 2.16. The lowest BCUT2D eigenvalue weighted by Crippen LogP contribution is -2.33. The average Bonchev–Trinajstić information content (AvgIpc) is 2.34. The molecule has 0 aromatic heterocycles. The maximum atomic E-state index is 5.72. The molecule has 1 unspecified atom stereocenters. The van der Waals surface area contributed by atoms with Crippen molar-refractivity contribution in [3.63, 3.8) is 0 Å². The van der Waals surface area contributed by atoms with Crippen LogP contribution in [0.3, 0.4) is 0 Å². The fourth-order valence-corrected chi connectivity index (χ4v) is 2.16. The van der Waals surface area contributed by atoms with Crippen LogP contribution >= 0.6 is 0 Å². The third-order valence-corrected chi connectivity index (χ3v) is 3.38. The molecule has 0 rings (SSSR count). The van der Waals surface area contributed by atoms with Crippen LogP contribution in [-0.2, 0) is 0 Å². The first-order valence-corrected chi connectivity index (χ1v) is 7.66. The Morgan fingerprint density at radius 1 is 0.882 bits per heavy atom. The molecular formula is C15H34N2. The van der Waals surface area contributed by atoms with E-state index >= 15 is 0 Å². The summed E-state index contributed by atoms with van der Waals surface area (Å²) >= 11 is 0. The van der Waals surface area contributed by atoms with E-state index in [0.29, 0.717) is 5.92 Å². The Bertz CT molecular complexity index is 148. The van der Waals surface area contributed by atoms with Crippen LogP contribution in [0.2, 0.25) is 0 Å². The van der Waals surface area contributed by atoms with E-state index in [1.807, 2.05) is 0 Å². The van der Waals surface area contributed by atoms with Crippen LogP contribution in [0, 0.1) is 5.92 Å². The Balaban J connectivity index is 3.75. The molecule has 0 aromatic carbocycles. The summed E-state index contributed by atoms with van der Waals surface area (Å²) in [5.74, 6) is 0.641. The van der Waals surface area contributed by atoms with Gasteiger partial charge in [0.1, 0.15) is 0 Å². The molecule has 2 heteroatoms. The molecule has 17 heavy (non-hydrogen) atoms. The monoisotopic (exact) mass is 242 g/mol. The van der Waals surface area contributed by atoms with Gasteiger partial charge in [0.2, 0.25) is 0 Å². The highest BCUT2D eigenvalue weighted by Crippen LogP contribution is 2.06. The zero-order valence-corrected chi connectivity index (χ0v) is 12.4. The minimum absolute atomic E-state index is 0.641. The molecule has 0 aromatic rings. The lowest BCUT2D eigenvalue weighted by atomic mass is 10.1. The predicted molar refractivity (Wildman–Crippen MR) is 78.3 cm³/mol. The highest BCUT2D eigenvalue weighted by Gasteiger charge is 2.08. The number of nitrogens with two attached hydrogens (primary N) is 1. The van der Waals surface area contributed by atoms with Crippen LogP contribution in [-0.4, -0.2) is 31.1 Å². The molecule has 2 nitrogen and oxygen atoms in total. The molecule has 0 aliphatic rings. The second-order valence-corrected chi connectivity index (χ2v) is 5.41. The van der Waals surface area contributed by atoms with E-state index < -0.39 is 0 Å². The Hall–Kier alpha value is -0.0800. The molecule has 2 N–H and O–H groups in total. The molecule has 0 fully saturated rings. The minimum Gasteiger partial charge on any atom is -0.330 e. The normalized spacial score (nSPS) is 13.2. The number of nitrogens with zero attached hydrogens (tertiary/aromatic N) is 1. The van der Waals surface area contributed by atoms with Crippen LogP contribution < -0.4 is 5.73 Å². The van der Waals surface area contributed by atoms with Crippen molar-refractivity contribution in [3.05, 3.63) is 0 Å². The molecule has 104 valence electrons. The summed E-state index contributed by atoms with van der Waals surface area (Å²) in [4.78, 5) is 2.63. The molecule has 1 atom stereocenters. The summed E-state index contributed by atoms with van der Waals surface area (Å²) in [6, 6.07) is 0. The number of rotatable bonds is 12. The van der Waals surface area contributed by atoms with Gasteiger partial charge in [0, 0.05) is 6.54 Å². The molecule has 0 bridgehead atoms. The number of hydrogen-bond donors (Lipinski definition) is 1. The van der Waals surface area contributed by atoms with Gasteiger partial charge in [-0.3, -0.25) is 0 Å². The molecule has 0 saturated heterocycles. The number of unbranched alkanes of at least 4 members (excludes halogenated alkanes) is 5. The molecule has 0 aliphatic heterocycles. The summed E-state index contributed by atoms with van der Waals surface area (Å²) in [5, 5.41) is 0. The van der Waals surface area contributed by atoms with Crippen molar-refractivity contribution in [1.82, 2.24) is 4.90 Å². The third kappa shape index (κ3) is 10.8. The summed E-state index contributed by atoms with van der Waals surface area (Å²) in [6.07, 6.45) is 9.49. The zero-order valence-electron chi connectivity index (χ0n) is 12.4. The van der Waals surface area contributed by atoms with E-state index in [9.17, 15) is 0 Å². The maximum Gasteiger partial charge on any atom is 0.00191 e. The molecular weight excluding hydrogens is 208 g/mol. The van der Waals surface area contributed by atoms with E-state index in [2.05, 4.69) is 25.7 Å². The van der Waals surface area contributed by atoms with Crippen LogP contribution in [0.15, 0.2) is 0 Å². The van der Waals surface area contributed by atoms with Gasteiger partial charge < -0.3 is 10.6 Å². The van der Waals surface area contributed by atoms with Gasteiger partial charge in [0.05, 0.1) is 0 Å². The fraction of sp³-hybridized carbons (Fsp3) is 1.00. The van der Waals surface area contributed by atoms with Gasteiger partial charge >= 0.3 is 0 Å². The lowest BCUT2D eigenvalue weighted by molar-refractivity contribution is 0.230. The van der Waals surface area contributed by atoms with Crippen LogP contribution in [0.5, 0.6) is 0 Å². The quantitative estimate of drug-likeness (QED) is 0.529. The minimum atomic E-state index is 0.641. The Kier molecular flexibility index (Phi) is 12.3. The van der Waals surface area contributed by atoms with Gasteiger partial charge in [-0.2, -0.15) is 0 Å². The molecule has 0 spiro atoms. The summed E-state index contributed by atoms with van der Waals surface area (Å²) < 4.78 is 0. The first kappa shape index (κ1) is 16.9. The van der Waals surface area contributed by atoms with Crippen molar-refractivity contribution in [2.75, 3.05) is 26.2 Å². The van der Waals surface area contributed by atoms with Crippen molar-refractivity contribution in [1.29, 1.82) is 0 Å². The van der Waals surface area contributed by atoms with Gasteiger partial charge in [0.15, 0.2) is 0 Å². The lowest BCUT2D eigenvalue weighted by Gasteiger charge is -2.25. The van der Waals surface area contributed by atoms with Crippen LogP contribution in [0.1, 0.15) is 65.7 Å². The topological polar surface area (TPSA) is 29.3 Å². The number of hydrogen-bond acceptors (Lipinski definition) is 2. The van der Waals surface area contributed by atoms with E-state index in [1.165, 1.54) is 64.6 Å². The van der Waals surface area contributed by atoms with Crippen molar-refractivity contribution in [2.45, 2.75) is 65.7 Å². The van der Waals surface area contributed by atoms with E-state index in [-0.39, 0.29) is 0 Å². The summed E-state index contributed by atoms with van der Waals surface area (Å²) in [6.45, 7) is 11.4. The molecule has 0 saturated carbocycles. The zero-order chi connectivity index (χ0) is 12.9. The highest BCUT2D eigenvalue weighted by molar-refractivity contribution is 4.64. The van der Waals surface area contributed by atoms with Gasteiger partial charge in [-0.25, -0.2) is 0 Å². The van der Waals surface area contributed by atoms with Crippen molar-refractivity contribution >= 4 is 0 Å². The van der Waals surface area contributed by atoms with Gasteiger partial charge in [-0.05, 0) is 38.4 Å². The van der Waals surface area contributed by atoms with Crippen molar-refractivity contribution in [2.24, 2.45) is 11.7 Å². The standard InChI is InChI=1S/C15H34N2/c1-4-6-8-10-12-17(11-9-7-5-2)14-15(3)13-16/h15H,4-14,16H2,1-3H3. The van der Waals surface area contributed by atoms with E-state index in [1.54, 1.807) is 0 Å². The second kappa shape index (κ2) is 12.4. The molecule has 0 aliphatic carbocycles. The van der Waals surface area contributed by atoms with Gasteiger partial charge in [-0.1, -0.05) is 52.9 Å². The average molecular weight is 242 g/mol. The first-order valence-electron chi connectivity index (χ1n) is 7.66. The third-order valence-electron chi connectivity index (χ3n) is 3.38. The van der Waals surface area contributed by atoms with Crippen LogP contribution in [0.4, 0.5) is 0 Å². The molecule has 0 radical (unpaired) electrons. The van der Waals surface area contributed by atoms with Crippen molar-refractivity contribution < 1.29 is 0 Å². The Morgan fingerprint density at radius 3 is 1.94 bits per heavy atom. The van der Waals surface area contributed by atoms with Gasteiger partial charge in [-0.15, -0.1) is 0 Å². The Morgan fingerprint density at radius 2 is 1.41 bits per heavy atom. The molecule has 0 amide bonds. The Labute approximate surface area is 109 Å². The predicted octanol–water partition coefficient (Wildman–Crippen LogP) is 3.65. The van der Waals surface area contributed by atoms with Crippen LogP contribution in [0.25, 0.3) is 0 Å². The maximum absolute atomic E-state index is 5.72. The largest absolute Gasteiger partial charge is 0.330 e. The first-order chi connectivity index (χ1) is 8.24. The highest BCUT2D eigenvalue weighted by atomic mass is 15.1. The smallest absolute Gasteiger partial charge is 0.00191 e. The second-order valence-electron chi connectivity index (χ2n) is 5.41. The summed E-state index contributed by atoms with van der Waals surface area (Å²) in [7, 11) is 0. The van der Waals surface area contributed by atoms with Gasteiger partial charge in [0.25, 0.3) is 0 Å².